The molecule has 0 aliphatic heterocycles. The van der Waals surface area contributed by atoms with Crippen molar-refractivity contribution in [2.24, 2.45) is 0 Å². The summed E-state index contributed by atoms with van der Waals surface area (Å²) in [4.78, 5) is 23.5. The summed E-state index contributed by atoms with van der Waals surface area (Å²) in [5.41, 5.74) is 0.703. The third-order valence-corrected chi connectivity index (χ3v) is 4.26. The van der Waals surface area contributed by atoms with E-state index in [1.54, 1.807) is 30.9 Å². The third kappa shape index (κ3) is 1.64. The molecule has 6 heteroatoms. The van der Waals surface area contributed by atoms with E-state index in [0.717, 1.165) is 9.71 Å². The average Bonchev–Trinajstić information content (AvgIpc) is 2.97. The average molecular weight is 251 g/mol. The molecule has 90 valence electrons. The number of aromatic nitrogens is 2. The Morgan fingerprint density at radius 2 is 2.41 bits per heavy atom. The molecule has 2 aromatic heterocycles. The smallest absolute Gasteiger partial charge is 0.285 e. The Labute approximate surface area is 103 Å². The molecule has 2 heterocycles. The molecule has 0 unspecified atom stereocenters. The fraction of sp³-hybridized carbons (Fsp3) is 0.455. The second-order valence-electron chi connectivity index (χ2n) is 4.18. The van der Waals surface area contributed by atoms with E-state index < -0.39 is 0 Å². The minimum Gasteiger partial charge on any atom is -0.285 e. The van der Waals surface area contributed by atoms with Gasteiger partial charge in [0, 0.05) is 11.9 Å². The molecular weight excluding hydrogens is 238 g/mol. The van der Waals surface area contributed by atoms with Crippen LogP contribution in [0.4, 0.5) is 0 Å². The highest BCUT2D eigenvalue weighted by Gasteiger charge is 2.33. The van der Waals surface area contributed by atoms with Crippen molar-refractivity contribution in [3.63, 3.8) is 0 Å². The van der Waals surface area contributed by atoms with Gasteiger partial charge in [-0.15, -0.1) is 11.3 Å². The summed E-state index contributed by atoms with van der Waals surface area (Å²) >= 11 is 1.65. The summed E-state index contributed by atoms with van der Waals surface area (Å²) in [6.45, 7) is 0. The van der Waals surface area contributed by atoms with Gasteiger partial charge >= 0.3 is 0 Å². The molecule has 1 aliphatic rings. The van der Waals surface area contributed by atoms with Crippen LogP contribution in [0.25, 0.3) is 4.83 Å². The van der Waals surface area contributed by atoms with Crippen molar-refractivity contribution in [1.82, 2.24) is 14.4 Å². The molecule has 1 aliphatic carbocycles. The van der Waals surface area contributed by atoms with Crippen LogP contribution in [0.3, 0.4) is 0 Å². The second kappa shape index (κ2) is 3.82. The van der Waals surface area contributed by atoms with E-state index in [1.807, 2.05) is 4.40 Å². The van der Waals surface area contributed by atoms with Crippen LogP contribution < -0.4 is 0 Å². The Kier molecular flexibility index (Phi) is 2.41. The van der Waals surface area contributed by atoms with Crippen molar-refractivity contribution >= 4 is 22.1 Å². The molecule has 3 rings (SSSR count). The van der Waals surface area contributed by atoms with Gasteiger partial charge in [-0.2, -0.15) is 0 Å². The van der Waals surface area contributed by atoms with E-state index >= 15 is 0 Å². The number of rotatable bonds is 3. The first kappa shape index (κ1) is 10.7. The molecule has 1 amide bonds. The highest BCUT2D eigenvalue weighted by atomic mass is 32.1. The molecule has 0 atom stereocenters. The predicted octanol–water partition coefficient (Wildman–Crippen LogP) is 1.91. The van der Waals surface area contributed by atoms with Crippen LogP contribution >= 0.6 is 11.3 Å². The highest BCUT2D eigenvalue weighted by molar-refractivity contribution is 7.17. The van der Waals surface area contributed by atoms with Crippen molar-refractivity contribution in [3.05, 3.63) is 23.1 Å². The van der Waals surface area contributed by atoms with Gasteiger partial charge in [0.2, 0.25) is 0 Å². The Morgan fingerprint density at radius 3 is 3.06 bits per heavy atom. The number of hydroxylamine groups is 2. The lowest BCUT2D eigenvalue weighted by Crippen LogP contribution is -2.27. The highest BCUT2D eigenvalue weighted by Crippen LogP contribution is 2.45. The van der Waals surface area contributed by atoms with Gasteiger partial charge < -0.3 is 0 Å². The number of nitrogens with zero attached hydrogens (tertiary/aromatic N) is 3. The van der Waals surface area contributed by atoms with Crippen molar-refractivity contribution < 1.29 is 9.63 Å². The summed E-state index contributed by atoms with van der Waals surface area (Å²) in [6, 6.07) is 0. The first-order valence-corrected chi connectivity index (χ1v) is 6.31. The van der Waals surface area contributed by atoms with Crippen LogP contribution in [0.1, 0.15) is 34.1 Å². The summed E-state index contributed by atoms with van der Waals surface area (Å²) in [7, 11) is 3.12. The summed E-state index contributed by atoms with van der Waals surface area (Å²) in [6.07, 6.45) is 5.83. The number of hydrogen-bond acceptors (Lipinski definition) is 4. The fourth-order valence-corrected chi connectivity index (χ4v) is 3.13. The quantitative estimate of drug-likeness (QED) is 0.783. The molecule has 0 radical (unpaired) electrons. The van der Waals surface area contributed by atoms with Gasteiger partial charge in [0.05, 0.1) is 13.3 Å². The summed E-state index contributed by atoms with van der Waals surface area (Å²) in [5.74, 6) is 0.433. The number of thiazole rings is 1. The van der Waals surface area contributed by atoms with E-state index in [-0.39, 0.29) is 5.91 Å². The van der Waals surface area contributed by atoms with Crippen molar-refractivity contribution in [3.8, 4) is 0 Å². The number of fused-ring (bicyclic) bond motifs is 1. The molecular formula is C11H13N3O2S. The van der Waals surface area contributed by atoms with Gasteiger partial charge in [0.15, 0.2) is 0 Å². The second-order valence-corrected chi connectivity index (χ2v) is 5.24. The largest absolute Gasteiger partial charge is 0.295 e. The topological polar surface area (TPSA) is 46.8 Å². The summed E-state index contributed by atoms with van der Waals surface area (Å²) in [5, 5.41) is 1.26. The Bertz CT molecular complexity index is 570. The van der Waals surface area contributed by atoms with Crippen LogP contribution in [0, 0.1) is 0 Å². The molecule has 0 saturated heterocycles. The fourth-order valence-electron chi connectivity index (χ4n) is 1.87. The van der Waals surface area contributed by atoms with Crippen molar-refractivity contribution in [2.75, 3.05) is 14.2 Å². The van der Waals surface area contributed by atoms with Crippen molar-refractivity contribution in [2.45, 2.75) is 18.8 Å². The Morgan fingerprint density at radius 1 is 1.65 bits per heavy atom. The van der Waals surface area contributed by atoms with E-state index in [0.29, 0.717) is 11.6 Å². The maximum atomic E-state index is 12.3. The normalized spacial score (nSPS) is 15.4. The minimum atomic E-state index is -0.112. The van der Waals surface area contributed by atoms with Crippen molar-refractivity contribution in [1.29, 1.82) is 0 Å². The first-order chi connectivity index (χ1) is 8.22. The van der Waals surface area contributed by atoms with E-state index in [2.05, 4.69) is 4.98 Å². The van der Waals surface area contributed by atoms with Gasteiger partial charge in [-0.3, -0.25) is 14.0 Å². The zero-order valence-corrected chi connectivity index (χ0v) is 10.5. The molecule has 1 fully saturated rings. The monoisotopic (exact) mass is 251 g/mol. The van der Waals surface area contributed by atoms with Crippen LogP contribution in [0.5, 0.6) is 0 Å². The first-order valence-electron chi connectivity index (χ1n) is 5.49. The number of carbonyl (C=O) groups is 1. The van der Waals surface area contributed by atoms with Gasteiger partial charge in [-0.05, 0) is 18.8 Å². The maximum Gasteiger partial charge on any atom is 0.295 e. The molecule has 17 heavy (non-hydrogen) atoms. The number of imidazole rings is 1. The van der Waals surface area contributed by atoms with E-state index in [1.165, 1.54) is 25.0 Å². The zero-order valence-electron chi connectivity index (χ0n) is 9.71. The predicted molar refractivity (Wildman–Crippen MR) is 64.1 cm³/mol. The molecule has 1 saturated carbocycles. The number of hydrogen-bond donors (Lipinski definition) is 0. The summed E-state index contributed by atoms with van der Waals surface area (Å²) < 4.78 is 1.86. The van der Waals surface area contributed by atoms with Gasteiger partial charge in [0.1, 0.15) is 16.9 Å². The van der Waals surface area contributed by atoms with Crippen LogP contribution in [-0.4, -0.2) is 34.5 Å². The van der Waals surface area contributed by atoms with Crippen LogP contribution in [0.15, 0.2) is 12.5 Å². The molecule has 0 spiro atoms. The van der Waals surface area contributed by atoms with Crippen LogP contribution in [0.2, 0.25) is 0 Å². The lowest BCUT2D eigenvalue weighted by molar-refractivity contribution is -0.0761. The number of amides is 1. The SMILES string of the molecule is CON(C)C(=O)c1c(C2CC2)sc2cncn12. The van der Waals surface area contributed by atoms with Gasteiger partial charge in [-0.25, -0.2) is 10.0 Å². The zero-order chi connectivity index (χ0) is 12.0. The molecule has 0 bridgehead atoms. The molecule has 0 aromatic carbocycles. The van der Waals surface area contributed by atoms with Crippen LogP contribution in [-0.2, 0) is 4.84 Å². The van der Waals surface area contributed by atoms with E-state index in [4.69, 9.17) is 4.84 Å². The van der Waals surface area contributed by atoms with Gasteiger partial charge in [-0.1, -0.05) is 0 Å². The third-order valence-electron chi connectivity index (χ3n) is 3.00. The lowest BCUT2D eigenvalue weighted by atomic mass is 10.2. The molecule has 2 aromatic rings. The van der Waals surface area contributed by atoms with E-state index in [9.17, 15) is 4.79 Å². The standard InChI is InChI=1S/C11H13N3O2S/c1-13(16-2)11(15)9-10(7-3-4-7)17-8-5-12-6-14(8)9/h5-7H,3-4H2,1-2H3. The molecule has 5 nitrogen and oxygen atoms in total. The lowest BCUT2D eigenvalue weighted by Gasteiger charge is -2.13. The minimum absolute atomic E-state index is 0.112. The Balaban J connectivity index is 2.13. The van der Waals surface area contributed by atoms with Gasteiger partial charge in [0.25, 0.3) is 5.91 Å². The molecule has 0 N–H and O–H groups in total. The number of carbonyl (C=O) groups excluding carboxylic acids is 1. The maximum absolute atomic E-state index is 12.3. The Hall–Kier alpha value is -1.40.